The first-order chi connectivity index (χ1) is 19.7. The Bertz CT molecular complexity index is 1320. The van der Waals surface area contributed by atoms with E-state index in [4.69, 9.17) is 4.74 Å². The van der Waals surface area contributed by atoms with Crippen LogP contribution in [-0.2, 0) is 16.0 Å². The van der Waals surface area contributed by atoms with E-state index < -0.39 is 11.4 Å². The number of carbonyl (C=O) groups excluding carboxylic acids is 1. The average Bonchev–Trinajstić information content (AvgIpc) is 2.96. The van der Waals surface area contributed by atoms with Gasteiger partial charge in [-0.25, -0.2) is 4.98 Å². The molecule has 2 aromatic carbocycles. The maximum absolute atomic E-state index is 12.6. The van der Waals surface area contributed by atoms with E-state index >= 15 is 0 Å². The first-order valence-electron chi connectivity index (χ1n) is 14.7. The standard InChI is InChI=1S/C35H44N2O4/c1-6-35(7-2,34(39)40)24-32(38)36-30-13-10-12-28(23-30)17-20-31-26(5)14-21-33(37-31)41-22-9-8-11-27-15-18-29(19-16-27)25(3)4/h10,12-21,23,25H,6-9,11,22,24H2,1-5H3,(H,36,38)(H,39,40). The summed E-state index contributed by atoms with van der Waals surface area (Å²) in [4.78, 5) is 29.1. The number of benzene rings is 2. The van der Waals surface area contributed by atoms with Crippen LogP contribution in [0.1, 0.15) is 93.7 Å². The van der Waals surface area contributed by atoms with Crippen LogP contribution in [0.25, 0.3) is 12.2 Å². The average molecular weight is 557 g/mol. The summed E-state index contributed by atoms with van der Waals surface area (Å²) in [5.41, 5.74) is 5.06. The third kappa shape index (κ3) is 9.31. The number of carboxylic acid groups (broad SMARTS) is 1. The molecule has 0 unspecified atom stereocenters. The Morgan fingerprint density at radius 3 is 2.39 bits per heavy atom. The molecule has 41 heavy (non-hydrogen) atoms. The zero-order valence-electron chi connectivity index (χ0n) is 25.1. The number of aryl methyl sites for hydroxylation is 2. The van der Waals surface area contributed by atoms with Gasteiger partial charge in [-0.3, -0.25) is 9.59 Å². The number of carbonyl (C=O) groups is 2. The van der Waals surface area contributed by atoms with E-state index in [1.807, 2.05) is 49.4 Å². The SMILES string of the molecule is CCC(CC)(CC(=O)Nc1cccc(C=Cc2nc(OCCCCc3ccc(C(C)C)cc3)ccc2C)c1)C(=O)O. The van der Waals surface area contributed by atoms with Crippen molar-refractivity contribution in [2.45, 2.75) is 79.1 Å². The van der Waals surface area contributed by atoms with Crippen molar-refractivity contribution in [1.82, 2.24) is 4.98 Å². The molecule has 3 aromatic rings. The van der Waals surface area contributed by atoms with E-state index in [2.05, 4.69) is 48.4 Å². The lowest BCUT2D eigenvalue weighted by molar-refractivity contribution is -0.151. The Morgan fingerprint density at radius 1 is 1.00 bits per heavy atom. The van der Waals surface area contributed by atoms with E-state index in [1.54, 1.807) is 19.9 Å². The highest BCUT2D eigenvalue weighted by Crippen LogP contribution is 2.31. The summed E-state index contributed by atoms with van der Waals surface area (Å²) < 4.78 is 5.95. The fourth-order valence-corrected chi connectivity index (χ4v) is 4.74. The van der Waals surface area contributed by atoms with Crippen molar-refractivity contribution in [3.63, 3.8) is 0 Å². The monoisotopic (exact) mass is 556 g/mol. The molecule has 0 aliphatic rings. The molecule has 0 fully saturated rings. The van der Waals surface area contributed by atoms with Crippen molar-refractivity contribution >= 4 is 29.7 Å². The summed E-state index contributed by atoms with van der Waals surface area (Å²) in [6, 6.07) is 20.3. The number of unbranched alkanes of at least 4 members (excludes halogenated alkanes) is 1. The molecule has 1 aromatic heterocycles. The van der Waals surface area contributed by atoms with Crippen LogP contribution in [0, 0.1) is 12.3 Å². The van der Waals surface area contributed by atoms with Crippen molar-refractivity contribution in [1.29, 1.82) is 0 Å². The number of ether oxygens (including phenoxy) is 1. The van der Waals surface area contributed by atoms with Crippen molar-refractivity contribution < 1.29 is 19.4 Å². The molecule has 1 heterocycles. The number of nitrogens with zero attached hydrogens (tertiary/aromatic N) is 1. The van der Waals surface area contributed by atoms with Gasteiger partial charge in [-0.15, -0.1) is 0 Å². The van der Waals surface area contributed by atoms with Crippen LogP contribution >= 0.6 is 0 Å². The van der Waals surface area contributed by atoms with E-state index in [0.717, 1.165) is 36.1 Å². The normalized spacial score (nSPS) is 11.7. The third-order valence-electron chi connectivity index (χ3n) is 7.78. The molecule has 1 amide bonds. The first-order valence-corrected chi connectivity index (χ1v) is 14.7. The van der Waals surface area contributed by atoms with Crippen molar-refractivity contribution in [3.8, 4) is 5.88 Å². The van der Waals surface area contributed by atoms with Gasteiger partial charge in [0.1, 0.15) is 0 Å². The highest BCUT2D eigenvalue weighted by Gasteiger charge is 2.37. The zero-order valence-corrected chi connectivity index (χ0v) is 25.1. The Morgan fingerprint density at radius 2 is 1.73 bits per heavy atom. The van der Waals surface area contributed by atoms with Gasteiger partial charge in [0.15, 0.2) is 0 Å². The molecular weight excluding hydrogens is 512 g/mol. The fraction of sp³-hybridized carbons (Fsp3) is 0.400. The Hall–Kier alpha value is -3.93. The third-order valence-corrected chi connectivity index (χ3v) is 7.78. The van der Waals surface area contributed by atoms with E-state index in [9.17, 15) is 14.7 Å². The first kappa shape index (κ1) is 31.6. The molecule has 0 radical (unpaired) electrons. The number of amides is 1. The second kappa shape index (κ2) is 15.2. The predicted molar refractivity (Wildman–Crippen MR) is 167 cm³/mol. The number of pyridine rings is 1. The molecule has 6 heteroatoms. The molecule has 2 N–H and O–H groups in total. The van der Waals surface area contributed by atoms with Crippen LogP contribution in [0.15, 0.2) is 60.7 Å². The van der Waals surface area contributed by atoms with Crippen LogP contribution < -0.4 is 10.1 Å². The largest absolute Gasteiger partial charge is 0.481 e. The van der Waals surface area contributed by atoms with Gasteiger partial charge in [0.2, 0.25) is 11.8 Å². The second-order valence-electron chi connectivity index (χ2n) is 11.0. The molecular formula is C35H44N2O4. The minimum atomic E-state index is -1.04. The lowest BCUT2D eigenvalue weighted by atomic mass is 9.79. The minimum Gasteiger partial charge on any atom is -0.481 e. The molecule has 218 valence electrons. The van der Waals surface area contributed by atoms with Crippen molar-refractivity contribution in [3.05, 3.63) is 88.6 Å². The number of aromatic nitrogens is 1. The maximum atomic E-state index is 12.6. The summed E-state index contributed by atoms with van der Waals surface area (Å²) in [6.45, 7) is 10.7. The maximum Gasteiger partial charge on any atom is 0.310 e. The molecule has 0 bridgehead atoms. The van der Waals surface area contributed by atoms with Crippen LogP contribution in [-0.4, -0.2) is 28.6 Å². The predicted octanol–water partition coefficient (Wildman–Crippen LogP) is 8.31. The van der Waals surface area contributed by atoms with Crippen LogP contribution in [0.4, 0.5) is 5.69 Å². The molecule has 0 saturated carbocycles. The van der Waals surface area contributed by atoms with Crippen LogP contribution in [0.5, 0.6) is 5.88 Å². The highest BCUT2D eigenvalue weighted by molar-refractivity contribution is 5.94. The van der Waals surface area contributed by atoms with Gasteiger partial charge < -0.3 is 15.2 Å². The Kier molecular flexibility index (Phi) is 11.7. The van der Waals surface area contributed by atoms with Gasteiger partial charge in [0.05, 0.1) is 17.7 Å². The summed E-state index contributed by atoms with van der Waals surface area (Å²) in [7, 11) is 0. The van der Waals surface area contributed by atoms with Crippen LogP contribution in [0.3, 0.4) is 0 Å². The van der Waals surface area contributed by atoms with Gasteiger partial charge in [-0.05, 0) is 85.4 Å². The van der Waals surface area contributed by atoms with Gasteiger partial charge in [-0.2, -0.15) is 0 Å². The van der Waals surface area contributed by atoms with Crippen molar-refractivity contribution in [2.75, 3.05) is 11.9 Å². The fourth-order valence-electron chi connectivity index (χ4n) is 4.74. The zero-order chi connectivity index (χ0) is 29.8. The number of aliphatic carboxylic acids is 1. The van der Waals surface area contributed by atoms with Gasteiger partial charge in [0.25, 0.3) is 0 Å². The Balaban J connectivity index is 1.54. The van der Waals surface area contributed by atoms with E-state index in [0.29, 0.717) is 36.9 Å². The number of hydrogen-bond acceptors (Lipinski definition) is 4. The van der Waals surface area contributed by atoms with E-state index in [1.165, 1.54) is 11.1 Å². The molecule has 0 aliphatic carbocycles. The molecule has 6 nitrogen and oxygen atoms in total. The topological polar surface area (TPSA) is 88.5 Å². The van der Waals surface area contributed by atoms with Gasteiger partial charge in [-0.1, -0.05) is 76.2 Å². The van der Waals surface area contributed by atoms with Gasteiger partial charge >= 0.3 is 5.97 Å². The lowest BCUT2D eigenvalue weighted by Crippen LogP contribution is -2.34. The molecule has 3 rings (SSSR count). The van der Waals surface area contributed by atoms with Crippen LogP contribution in [0.2, 0.25) is 0 Å². The second-order valence-corrected chi connectivity index (χ2v) is 11.0. The molecule has 0 saturated heterocycles. The number of nitrogens with one attached hydrogen (secondary N) is 1. The number of carboxylic acids is 1. The molecule has 0 atom stereocenters. The number of anilines is 1. The Labute approximate surface area is 244 Å². The number of hydrogen-bond donors (Lipinski definition) is 2. The van der Waals surface area contributed by atoms with Crippen molar-refractivity contribution in [2.24, 2.45) is 5.41 Å². The summed E-state index contributed by atoms with van der Waals surface area (Å²) in [5, 5.41) is 12.5. The summed E-state index contributed by atoms with van der Waals surface area (Å²) in [5.74, 6) is -0.0815. The smallest absolute Gasteiger partial charge is 0.310 e. The minimum absolute atomic E-state index is 0.0588. The lowest BCUT2D eigenvalue weighted by Gasteiger charge is -2.25. The number of rotatable bonds is 15. The van der Waals surface area contributed by atoms with E-state index in [-0.39, 0.29) is 12.3 Å². The summed E-state index contributed by atoms with van der Waals surface area (Å²) >= 11 is 0. The highest BCUT2D eigenvalue weighted by atomic mass is 16.5. The molecule has 0 aliphatic heterocycles. The summed E-state index contributed by atoms with van der Waals surface area (Å²) in [6.07, 6.45) is 7.67. The quantitative estimate of drug-likeness (QED) is 0.184. The molecule has 0 spiro atoms. The van der Waals surface area contributed by atoms with Gasteiger partial charge in [0, 0.05) is 18.2 Å².